The van der Waals surface area contributed by atoms with E-state index < -0.39 is 0 Å². The van der Waals surface area contributed by atoms with Crippen LogP contribution in [0.4, 0.5) is 4.39 Å². The SMILES string of the molecule is COc1cc(CN)c(-c2cc(F)ccc2C)cc1OC. The van der Waals surface area contributed by atoms with Gasteiger partial charge >= 0.3 is 0 Å². The van der Waals surface area contributed by atoms with E-state index in [1.807, 2.05) is 19.1 Å². The third kappa shape index (κ3) is 2.60. The lowest BCUT2D eigenvalue weighted by Crippen LogP contribution is -2.02. The fourth-order valence-electron chi connectivity index (χ4n) is 2.23. The average Bonchev–Trinajstić information content (AvgIpc) is 2.48. The summed E-state index contributed by atoms with van der Waals surface area (Å²) < 4.78 is 24.1. The fourth-order valence-corrected chi connectivity index (χ4v) is 2.23. The van der Waals surface area contributed by atoms with E-state index in [1.165, 1.54) is 12.1 Å². The highest BCUT2D eigenvalue weighted by molar-refractivity contribution is 5.73. The van der Waals surface area contributed by atoms with Crippen LogP contribution in [-0.4, -0.2) is 14.2 Å². The molecule has 4 heteroatoms. The van der Waals surface area contributed by atoms with Crippen molar-refractivity contribution in [2.75, 3.05) is 14.2 Å². The summed E-state index contributed by atoms with van der Waals surface area (Å²) in [6.07, 6.45) is 0. The van der Waals surface area contributed by atoms with Gasteiger partial charge in [0.2, 0.25) is 0 Å². The Balaban J connectivity index is 2.69. The van der Waals surface area contributed by atoms with Crippen LogP contribution in [0.15, 0.2) is 30.3 Å². The van der Waals surface area contributed by atoms with Gasteiger partial charge in [0.05, 0.1) is 14.2 Å². The van der Waals surface area contributed by atoms with Crippen molar-refractivity contribution in [1.29, 1.82) is 0 Å². The highest BCUT2D eigenvalue weighted by atomic mass is 19.1. The number of hydrogen-bond donors (Lipinski definition) is 1. The van der Waals surface area contributed by atoms with Crippen LogP contribution < -0.4 is 15.2 Å². The highest BCUT2D eigenvalue weighted by Crippen LogP contribution is 2.37. The van der Waals surface area contributed by atoms with Gasteiger partial charge in [-0.15, -0.1) is 0 Å². The van der Waals surface area contributed by atoms with Crippen LogP contribution in [0.5, 0.6) is 11.5 Å². The number of benzene rings is 2. The second-order valence-corrected chi connectivity index (χ2v) is 4.53. The molecule has 0 fully saturated rings. The lowest BCUT2D eigenvalue weighted by atomic mass is 9.95. The molecule has 0 atom stereocenters. The first-order valence-corrected chi connectivity index (χ1v) is 6.32. The Kier molecular flexibility index (Phi) is 4.25. The smallest absolute Gasteiger partial charge is 0.161 e. The maximum Gasteiger partial charge on any atom is 0.161 e. The van der Waals surface area contributed by atoms with Crippen molar-refractivity contribution >= 4 is 0 Å². The predicted molar refractivity (Wildman–Crippen MR) is 77.6 cm³/mol. The molecule has 2 aromatic carbocycles. The third-order valence-corrected chi connectivity index (χ3v) is 3.32. The largest absolute Gasteiger partial charge is 0.493 e. The Morgan fingerprint density at radius 2 is 1.65 bits per heavy atom. The van der Waals surface area contributed by atoms with Crippen LogP contribution in [0.1, 0.15) is 11.1 Å². The minimum atomic E-state index is -0.275. The molecule has 0 aliphatic carbocycles. The molecule has 20 heavy (non-hydrogen) atoms. The van der Waals surface area contributed by atoms with E-state index in [9.17, 15) is 4.39 Å². The number of hydrogen-bond acceptors (Lipinski definition) is 3. The van der Waals surface area contributed by atoms with Gasteiger partial charge in [-0.05, 0) is 53.4 Å². The molecule has 3 nitrogen and oxygen atoms in total. The molecule has 0 aliphatic rings. The van der Waals surface area contributed by atoms with Crippen molar-refractivity contribution in [2.45, 2.75) is 13.5 Å². The number of ether oxygens (including phenoxy) is 2. The summed E-state index contributed by atoms with van der Waals surface area (Å²) in [6, 6.07) is 8.38. The first-order valence-electron chi connectivity index (χ1n) is 6.32. The Labute approximate surface area is 118 Å². The van der Waals surface area contributed by atoms with E-state index in [2.05, 4.69) is 0 Å². The fraction of sp³-hybridized carbons (Fsp3) is 0.250. The minimum absolute atomic E-state index is 0.275. The van der Waals surface area contributed by atoms with E-state index in [0.717, 1.165) is 22.3 Å². The molecule has 0 spiro atoms. The molecular weight excluding hydrogens is 257 g/mol. The predicted octanol–water partition coefficient (Wildman–Crippen LogP) is 3.28. The van der Waals surface area contributed by atoms with Gasteiger partial charge in [0, 0.05) is 6.54 Å². The topological polar surface area (TPSA) is 44.5 Å². The molecule has 0 radical (unpaired) electrons. The number of nitrogens with two attached hydrogens (primary N) is 1. The molecule has 0 saturated heterocycles. The van der Waals surface area contributed by atoms with Gasteiger partial charge in [-0.2, -0.15) is 0 Å². The second kappa shape index (κ2) is 5.92. The summed E-state index contributed by atoms with van der Waals surface area (Å²) in [7, 11) is 3.15. The van der Waals surface area contributed by atoms with Gasteiger partial charge in [-0.25, -0.2) is 4.39 Å². The van der Waals surface area contributed by atoms with E-state index in [4.69, 9.17) is 15.2 Å². The van der Waals surface area contributed by atoms with Gasteiger partial charge in [0.25, 0.3) is 0 Å². The van der Waals surface area contributed by atoms with Gasteiger partial charge in [0.1, 0.15) is 5.82 Å². The quantitative estimate of drug-likeness (QED) is 0.931. The molecule has 2 rings (SSSR count). The Hall–Kier alpha value is -2.07. The summed E-state index contributed by atoms with van der Waals surface area (Å²) in [5, 5.41) is 0. The average molecular weight is 275 g/mol. The van der Waals surface area contributed by atoms with Gasteiger partial charge in [0.15, 0.2) is 11.5 Å². The number of aryl methyl sites for hydroxylation is 1. The summed E-state index contributed by atoms with van der Waals surface area (Å²) in [6.45, 7) is 2.28. The van der Waals surface area contributed by atoms with Crippen LogP contribution in [0.3, 0.4) is 0 Å². The van der Waals surface area contributed by atoms with Crippen molar-refractivity contribution in [3.8, 4) is 22.6 Å². The highest BCUT2D eigenvalue weighted by Gasteiger charge is 2.14. The molecule has 0 unspecified atom stereocenters. The lowest BCUT2D eigenvalue weighted by molar-refractivity contribution is 0.354. The van der Waals surface area contributed by atoms with Crippen LogP contribution in [0.25, 0.3) is 11.1 Å². The first kappa shape index (κ1) is 14.3. The van der Waals surface area contributed by atoms with Crippen molar-refractivity contribution in [3.05, 3.63) is 47.3 Å². The zero-order valence-corrected chi connectivity index (χ0v) is 11.9. The molecule has 2 N–H and O–H groups in total. The molecular formula is C16H18FNO2. The second-order valence-electron chi connectivity index (χ2n) is 4.53. The standard InChI is InChI=1S/C16H18FNO2/c1-10-4-5-12(17)7-13(10)14-8-16(20-3)15(19-2)6-11(14)9-18/h4-8H,9,18H2,1-3H3. The molecule has 0 amide bonds. The van der Waals surface area contributed by atoms with E-state index in [-0.39, 0.29) is 5.82 Å². The summed E-state index contributed by atoms with van der Waals surface area (Å²) in [5.74, 6) is 0.942. The van der Waals surface area contributed by atoms with Crippen molar-refractivity contribution < 1.29 is 13.9 Å². The zero-order chi connectivity index (χ0) is 14.7. The maximum atomic E-state index is 13.5. The van der Waals surface area contributed by atoms with Crippen LogP contribution >= 0.6 is 0 Å². The van der Waals surface area contributed by atoms with Crippen LogP contribution in [0, 0.1) is 12.7 Å². The monoisotopic (exact) mass is 275 g/mol. The molecule has 106 valence electrons. The Morgan fingerprint density at radius 3 is 2.25 bits per heavy atom. The number of rotatable bonds is 4. The van der Waals surface area contributed by atoms with E-state index in [0.29, 0.717) is 18.0 Å². The molecule has 0 aromatic heterocycles. The third-order valence-electron chi connectivity index (χ3n) is 3.32. The summed E-state index contributed by atoms with van der Waals surface area (Å²) in [5.41, 5.74) is 9.34. The van der Waals surface area contributed by atoms with E-state index >= 15 is 0 Å². The Bertz CT molecular complexity index is 626. The van der Waals surface area contributed by atoms with Crippen LogP contribution in [0.2, 0.25) is 0 Å². The molecule has 0 bridgehead atoms. The zero-order valence-electron chi connectivity index (χ0n) is 11.9. The molecule has 0 heterocycles. The number of halogens is 1. The van der Waals surface area contributed by atoms with E-state index in [1.54, 1.807) is 20.3 Å². The minimum Gasteiger partial charge on any atom is -0.493 e. The number of methoxy groups -OCH3 is 2. The maximum absolute atomic E-state index is 13.5. The molecule has 2 aromatic rings. The Morgan fingerprint density at radius 1 is 1.00 bits per heavy atom. The van der Waals surface area contributed by atoms with Crippen molar-refractivity contribution in [3.63, 3.8) is 0 Å². The summed E-state index contributed by atoms with van der Waals surface area (Å²) >= 11 is 0. The first-order chi connectivity index (χ1) is 9.60. The normalized spacial score (nSPS) is 10.4. The summed E-state index contributed by atoms with van der Waals surface area (Å²) in [4.78, 5) is 0. The van der Waals surface area contributed by atoms with Crippen LogP contribution in [-0.2, 0) is 6.54 Å². The lowest BCUT2D eigenvalue weighted by Gasteiger charge is -2.15. The van der Waals surface area contributed by atoms with Crippen molar-refractivity contribution in [2.24, 2.45) is 5.73 Å². The van der Waals surface area contributed by atoms with Gasteiger partial charge in [-0.1, -0.05) is 6.07 Å². The molecule has 0 aliphatic heterocycles. The van der Waals surface area contributed by atoms with Crippen molar-refractivity contribution in [1.82, 2.24) is 0 Å². The van der Waals surface area contributed by atoms with Gasteiger partial charge in [-0.3, -0.25) is 0 Å². The molecule has 0 saturated carbocycles. The van der Waals surface area contributed by atoms with Gasteiger partial charge < -0.3 is 15.2 Å².